The van der Waals surface area contributed by atoms with Gasteiger partial charge in [-0.25, -0.2) is 12.8 Å². The maximum atomic E-state index is 13.4. The fourth-order valence-corrected chi connectivity index (χ4v) is 5.25. The molecule has 1 amide bonds. The first-order valence-electron chi connectivity index (χ1n) is 10.2. The standard InChI is InChI=1S/C24H23FN2O3S/c25-21-12-8-19(9-13-21)23(18-6-2-1-3-7-18)26-24(28)20-10-14-22(15-11-20)31(29,30)27-16-4-5-17-27/h1-3,6-15,23H,4-5,16-17H2,(H,26,28). The van der Waals surface area contributed by atoms with Crippen molar-refractivity contribution in [1.82, 2.24) is 9.62 Å². The normalized spacial score (nSPS) is 15.5. The summed E-state index contributed by atoms with van der Waals surface area (Å²) in [6, 6.07) is 20.9. The van der Waals surface area contributed by atoms with Crippen molar-refractivity contribution in [1.29, 1.82) is 0 Å². The molecule has 1 unspecified atom stereocenters. The van der Waals surface area contributed by atoms with Gasteiger partial charge >= 0.3 is 0 Å². The fraction of sp³-hybridized carbons (Fsp3) is 0.208. The Morgan fingerprint density at radius 3 is 2.03 bits per heavy atom. The van der Waals surface area contributed by atoms with E-state index in [0.29, 0.717) is 18.7 Å². The van der Waals surface area contributed by atoms with Crippen LogP contribution in [0.5, 0.6) is 0 Å². The van der Waals surface area contributed by atoms with Gasteiger partial charge in [0, 0.05) is 18.7 Å². The fourth-order valence-electron chi connectivity index (χ4n) is 3.73. The largest absolute Gasteiger partial charge is 0.341 e. The topological polar surface area (TPSA) is 66.5 Å². The Bertz CT molecular complexity index is 1140. The van der Waals surface area contributed by atoms with Gasteiger partial charge in [0.15, 0.2) is 0 Å². The van der Waals surface area contributed by atoms with Gasteiger partial charge in [0.2, 0.25) is 10.0 Å². The maximum Gasteiger partial charge on any atom is 0.252 e. The van der Waals surface area contributed by atoms with E-state index in [1.54, 1.807) is 12.1 Å². The first-order chi connectivity index (χ1) is 14.9. The second kappa shape index (κ2) is 8.99. The minimum absolute atomic E-state index is 0.184. The molecule has 31 heavy (non-hydrogen) atoms. The van der Waals surface area contributed by atoms with Crippen molar-refractivity contribution in [2.24, 2.45) is 0 Å². The van der Waals surface area contributed by atoms with E-state index in [0.717, 1.165) is 24.0 Å². The van der Waals surface area contributed by atoms with Crippen LogP contribution in [0.4, 0.5) is 4.39 Å². The summed E-state index contributed by atoms with van der Waals surface area (Å²) in [7, 11) is -3.53. The number of sulfonamides is 1. The highest BCUT2D eigenvalue weighted by atomic mass is 32.2. The minimum Gasteiger partial charge on any atom is -0.341 e. The van der Waals surface area contributed by atoms with Crippen LogP contribution in [-0.2, 0) is 10.0 Å². The molecule has 1 saturated heterocycles. The van der Waals surface area contributed by atoms with Crippen molar-refractivity contribution < 1.29 is 17.6 Å². The van der Waals surface area contributed by atoms with Crippen molar-refractivity contribution in [2.75, 3.05) is 13.1 Å². The summed E-state index contributed by atoms with van der Waals surface area (Å²) < 4.78 is 40.2. The monoisotopic (exact) mass is 438 g/mol. The molecule has 1 aliphatic rings. The second-order valence-corrected chi connectivity index (χ2v) is 9.44. The van der Waals surface area contributed by atoms with Crippen LogP contribution in [0.2, 0.25) is 0 Å². The Morgan fingerprint density at radius 1 is 0.839 bits per heavy atom. The first-order valence-corrected chi connectivity index (χ1v) is 11.6. The summed E-state index contributed by atoms with van der Waals surface area (Å²) in [5.74, 6) is -0.694. The van der Waals surface area contributed by atoms with Gasteiger partial charge in [0.25, 0.3) is 5.91 Å². The van der Waals surface area contributed by atoms with Crippen LogP contribution in [0.1, 0.15) is 40.4 Å². The molecule has 1 aliphatic heterocycles. The molecule has 0 bridgehead atoms. The lowest BCUT2D eigenvalue weighted by Crippen LogP contribution is -2.30. The number of nitrogens with zero attached hydrogens (tertiary/aromatic N) is 1. The predicted molar refractivity (Wildman–Crippen MR) is 117 cm³/mol. The molecule has 1 atom stereocenters. The average molecular weight is 439 g/mol. The van der Waals surface area contributed by atoms with Crippen LogP contribution in [0, 0.1) is 5.82 Å². The molecule has 0 radical (unpaired) electrons. The van der Waals surface area contributed by atoms with Crippen LogP contribution < -0.4 is 5.32 Å². The number of halogens is 1. The van der Waals surface area contributed by atoms with E-state index in [2.05, 4.69) is 5.32 Å². The summed E-state index contributed by atoms with van der Waals surface area (Å²) in [5.41, 5.74) is 1.95. The molecule has 0 aliphatic carbocycles. The molecule has 1 heterocycles. The zero-order valence-electron chi connectivity index (χ0n) is 16.9. The van der Waals surface area contributed by atoms with Gasteiger partial charge in [-0.1, -0.05) is 42.5 Å². The summed E-state index contributed by atoms with van der Waals surface area (Å²) in [6.07, 6.45) is 1.73. The third-order valence-electron chi connectivity index (χ3n) is 5.43. The van der Waals surface area contributed by atoms with Gasteiger partial charge in [0.1, 0.15) is 5.82 Å². The number of amides is 1. The van der Waals surface area contributed by atoms with Crippen LogP contribution in [0.3, 0.4) is 0 Å². The second-order valence-electron chi connectivity index (χ2n) is 7.50. The van der Waals surface area contributed by atoms with Crippen LogP contribution in [-0.4, -0.2) is 31.7 Å². The van der Waals surface area contributed by atoms with E-state index in [1.165, 1.54) is 40.7 Å². The highest BCUT2D eigenvalue weighted by Crippen LogP contribution is 2.24. The first kappa shape index (κ1) is 21.2. The summed E-state index contributed by atoms with van der Waals surface area (Å²) in [5, 5.41) is 2.98. The van der Waals surface area contributed by atoms with Crippen molar-refractivity contribution in [3.63, 3.8) is 0 Å². The lowest BCUT2D eigenvalue weighted by atomic mass is 9.98. The number of benzene rings is 3. The number of hydrogen-bond acceptors (Lipinski definition) is 3. The number of rotatable bonds is 6. The number of hydrogen-bond donors (Lipinski definition) is 1. The molecule has 3 aromatic carbocycles. The Labute approximate surface area is 181 Å². The van der Waals surface area contributed by atoms with Crippen molar-refractivity contribution in [2.45, 2.75) is 23.8 Å². The van der Waals surface area contributed by atoms with E-state index in [1.807, 2.05) is 30.3 Å². The Hall–Kier alpha value is -3.03. The van der Waals surface area contributed by atoms with Gasteiger partial charge in [-0.3, -0.25) is 4.79 Å². The Kier molecular flexibility index (Phi) is 6.15. The summed E-state index contributed by atoms with van der Waals surface area (Å²) in [6.45, 7) is 1.06. The van der Waals surface area contributed by atoms with Gasteiger partial charge < -0.3 is 5.32 Å². The Morgan fingerprint density at radius 2 is 1.42 bits per heavy atom. The number of carbonyl (C=O) groups excluding carboxylic acids is 1. The van der Waals surface area contributed by atoms with Crippen molar-refractivity contribution in [3.05, 3.63) is 101 Å². The van der Waals surface area contributed by atoms with E-state index in [-0.39, 0.29) is 16.6 Å². The molecule has 7 heteroatoms. The number of carbonyl (C=O) groups is 1. The van der Waals surface area contributed by atoms with Crippen molar-refractivity contribution >= 4 is 15.9 Å². The van der Waals surface area contributed by atoms with E-state index in [4.69, 9.17) is 0 Å². The molecular weight excluding hydrogens is 415 g/mol. The van der Waals surface area contributed by atoms with E-state index >= 15 is 0 Å². The van der Waals surface area contributed by atoms with E-state index < -0.39 is 16.1 Å². The van der Waals surface area contributed by atoms with Crippen molar-refractivity contribution in [3.8, 4) is 0 Å². The zero-order chi connectivity index (χ0) is 21.8. The lowest BCUT2D eigenvalue weighted by molar-refractivity contribution is 0.0943. The molecule has 0 saturated carbocycles. The maximum absolute atomic E-state index is 13.4. The molecule has 1 N–H and O–H groups in total. The molecule has 5 nitrogen and oxygen atoms in total. The molecular formula is C24H23FN2O3S. The summed E-state index contributed by atoms with van der Waals surface area (Å²) >= 11 is 0. The van der Waals surface area contributed by atoms with Crippen LogP contribution in [0.25, 0.3) is 0 Å². The molecule has 4 rings (SSSR count). The van der Waals surface area contributed by atoms with Gasteiger partial charge in [-0.05, 0) is 60.4 Å². The molecule has 160 valence electrons. The van der Waals surface area contributed by atoms with Crippen LogP contribution in [0.15, 0.2) is 83.8 Å². The van der Waals surface area contributed by atoms with Gasteiger partial charge in [-0.15, -0.1) is 0 Å². The minimum atomic E-state index is -3.53. The molecule has 1 fully saturated rings. The van der Waals surface area contributed by atoms with Gasteiger partial charge in [0.05, 0.1) is 10.9 Å². The quantitative estimate of drug-likeness (QED) is 0.629. The number of nitrogens with one attached hydrogen (secondary N) is 1. The Balaban J connectivity index is 1.57. The molecule has 0 aromatic heterocycles. The average Bonchev–Trinajstić information content (AvgIpc) is 3.35. The SMILES string of the molecule is O=C(NC(c1ccccc1)c1ccc(F)cc1)c1ccc(S(=O)(=O)N2CCCC2)cc1. The zero-order valence-corrected chi connectivity index (χ0v) is 17.7. The third kappa shape index (κ3) is 4.68. The molecule has 3 aromatic rings. The smallest absolute Gasteiger partial charge is 0.252 e. The van der Waals surface area contributed by atoms with Crippen LogP contribution >= 0.6 is 0 Å². The predicted octanol–water partition coefficient (Wildman–Crippen LogP) is 4.13. The highest BCUT2D eigenvalue weighted by molar-refractivity contribution is 7.89. The van der Waals surface area contributed by atoms with Gasteiger partial charge in [-0.2, -0.15) is 4.31 Å². The lowest BCUT2D eigenvalue weighted by Gasteiger charge is -2.20. The summed E-state index contributed by atoms with van der Waals surface area (Å²) in [4.78, 5) is 13.1. The molecule has 0 spiro atoms. The van der Waals surface area contributed by atoms with E-state index in [9.17, 15) is 17.6 Å². The third-order valence-corrected chi connectivity index (χ3v) is 7.34. The highest BCUT2D eigenvalue weighted by Gasteiger charge is 2.27.